The van der Waals surface area contributed by atoms with E-state index >= 15 is 0 Å². The van der Waals surface area contributed by atoms with Crippen LogP contribution in [0, 0.1) is 0 Å². The van der Waals surface area contributed by atoms with E-state index in [1.54, 1.807) is 17.6 Å². The minimum absolute atomic E-state index is 0.0908. The van der Waals surface area contributed by atoms with Gasteiger partial charge in [-0.25, -0.2) is 4.52 Å². The van der Waals surface area contributed by atoms with Crippen molar-refractivity contribution < 1.29 is 4.79 Å². The number of pyridine rings is 1. The molecule has 0 fully saturated rings. The van der Waals surface area contributed by atoms with Gasteiger partial charge in [0, 0.05) is 19.8 Å². The van der Waals surface area contributed by atoms with Crippen molar-refractivity contribution in [3.63, 3.8) is 0 Å². The Balaban J connectivity index is 2.49. The molecule has 0 spiro atoms. The molecule has 2 aromatic heterocycles. The zero-order valence-electron chi connectivity index (χ0n) is 10.3. The fraction of sp³-hybridized carbons (Fsp3) is 0.333. The molecule has 2 heterocycles. The van der Waals surface area contributed by atoms with Crippen molar-refractivity contribution in [3.05, 3.63) is 35.7 Å². The molecule has 2 aromatic rings. The molecule has 0 saturated heterocycles. The summed E-state index contributed by atoms with van der Waals surface area (Å²) in [6.07, 6.45) is 1.85. The first kappa shape index (κ1) is 11.6. The molecular formula is C12H16N4O. The highest BCUT2D eigenvalue weighted by Gasteiger charge is 2.11. The second kappa shape index (κ2) is 4.55. The van der Waals surface area contributed by atoms with E-state index in [0.29, 0.717) is 5.56 Å². The number of aromatic nitrogens is 2. The van der Waals surface area contributed by atoms with Crippen LogP contribution in [-0.4, -0.2) is 41.6 Å². The van der Waals surface area contributed by atoms with Gasteiger partial charge in [-0.15, -0.1) is 0 Å². The average Bonchev–Trinajstić information content (AvgIpc) is 2.68. The number of nitrogens with zero attached hydrogens (tertiary/aromatic N) is 3. The lowest BCUT2D eigenvalue weighted by Gasteiger charge is -2.04. The fourth-order valence-corrected chi connectivity index (χ4v) is 1.79. The molecule has 0 radical (unpaired) electrons. The molecule has 0 saturated carbocycles. The molecule has 5 heteroatoms. The maximum atomic E-state index is 11.7. The van der Waals surface area contributed by atoms with Gasteiger partial charge in [0.15, 0.2) is 0 Å². The zero-order valence-corrected chi connectivity index (χ0v) is 10.3. The molecule has 0 aromatic carbocycles. The van der Waals surface area contributed by atoms with Crippen LogP contribution in [0.3, 0.4) is 0 Å². The number of carbonyl (C=O) groups is 1. The van der Waals surface area contributed by atoms with Crippen molar-refractivity contribution in [2.45, 2.75) is 6.54 Å². The highest BCUT2D eigenvalue weighted by Crippen LogP contribution is 2.13. The number of carbonyl (C=O) groups excluding carboxylic acids is 1. The SMILES string of the molecule is CNC(=O)c1cccn2nc(CN(C)C)cc12. The summed E-state index contributed by atoms with van der Waals surface area (Å²) in [6, 6.07) is 5.57. The van der Waals surface area contributed by atoms with Crippen molar-refractivity contribution in [1.82, 2.24) is 19.8 Å². The van der Waals surface area contributed by atoms with Gasteiger partial charge in [0.05, 0.1) is 16.8 Å². The molecule has 0 aliphatic heterocycles. The zero-order chi connectivity index (χ0) is 12.4. The molecule has 1 amide bonds. The molecule has 0 unspecified atom stereocenters. The Morgan fingerprint density at radius 2 is 2.29 bits per heavy atom. The first-order valence-corrected chi connectivity index (χ1v) is 5.46. The maximum Gasteiger partial charge on any atom is 0.253 e. The Morgan fingerprint density at radius 1 is 1.53 bits per heavy atom. The Kier molecular flexibility index (Phi) is 3.10. The van der Waals surface area contributed by atoms with Crippen LogP contribution in [-0.2, 0) is 6.54 Å². The van der Waals surface area contributed by atoms with Crippen molar-refractivity contribution >= 4 is 11.4 Å². The predicted octanol–water partition coefficient (Wildman–Crippen LogP) is 0.755. The van der Waals surface area contributed by atoms with E-state index in [1.165, 1.54) is 0 Å². The summed E-state index contributed by atoms with van der Waals surface area (Å²) < 4.78 is 1.74. The van der Waals surface area contributed by atoms with Gasteiger partial charge in [0.25, 0.3) is 5.91 Å². The van der Waals surface area contributed by atoms with E-state index < -0.39 is 0 Å². The Morgan fingerprint density at radius 3 is 2.94 bits per heavy atom. The fourth-order valence-electron chi connectivity index (χ4n) is 1.79. The molecule has 0 atom stereocenters. The first-order chi connectivity index (χ1) is 8.11. The summed E-state index contributed by atoms with van der Waals surface area (Å²) >= 11 is 0. The maximum absolute atomic E-state index is 11.7. The van der Waals surface area contributed by atoms with Crippen LogP contribution < -0.4 is 5.32 Å². The molecule has 2 rings (SSSR count). The van der Waals surface area contributed by atoms with E-state index in [1.807, 2.05) is 37.3 Å². The van der Waals surface area contributed by atoms with Gasteiger partial charge in [0.2, 0.25) is 0 Å². The summed E-state index contributed by atoms with van der Waals surface area (Å²) in [4.78, 5) is 13.7. The summed E-state index contributed by atoms with van der Waals surface area (Å²) in [5.74, 6) is -0.0908. The molecule has 0 aliphatic rings. The van der Waals surface area contributed by atoms with E-state index in [4.69, 9.17) is 0 Å². The summed E-state index contributed by atoms with van der Waals surface area (Å²) in [5.41, 5.74) is 2.43. The van der Waals surface area contributed by atoms with E-state index in [-0.39, 0.29) is 5.91 Å². The average molecular weight is 232 g/mol. The van der Waals surface area contributed by atoms with E-state index in [0.717, 1.165) is 17.8 Å². The minimum atomic E-state index is -0.0908. The monoisotopic (exact) mass is 232 g/mol. The van der Waals surface area contributed by atoms with Gasteiger partial charge < -0.3 is 10.2 Å². The van der Waals surface area contributed by atoms with Gasteiger partial charge in [-0.05, 0) is 32.3 Å². The summed E-state index contributed by atoms with van der Waals surface area (Å²) in [7, 11) is 5.61. The third-order valence-corrected chi connectivity index (χ3v) is 2.50. The lowest BCUT2D eigenvalue weighted by Crippen LogP contribution is -2.18. The Hall–Kier alpha value is -1.88. The summed E-state index contributed by atoms with van der Waals surface area (Å²) in [6.45, 7) is 0.759. The van der Waals surface area contributed by atoms with Gasteiger partial charge in [-0.2, -0.15) is 5.10 Å². The highest BCUT2D eigenvalue weighted by atomic mass is 16.1. The largest absolute Gasteiger partial charge is 0.355 e. The number of nitrogens with one attached hydrogen (secondary N) is 1. The Labute approximate surface area is 100 Å². The van der Waals surface area contributed by atoms with Crippen molar-refractivity contribution in [2.24, 2.45) is 0 Å². The number of amides is 1. The smallest absolute Gasteiger partial charge is 0.253 e. The van der Waals surface area contributed by atoms with Gasteiger partial charge >= 0.3 is 0 Å². The molecular weight excluding hydrogens is 216 g/mol. The van der Waals surface area contributed by atoms with Crippen LogP contribution in [0.2, 0.25) is 0 Å². The van der Waals surface area contributed by atoms with Crippen LogP contribution in [0.4, 0.5) is 0 Å². The van der Waals surface area contributed by atoms with Gasteiger partial charge in [-0.1, -0.05) is 0 Å². The minimum Gasteiger partial charge on any atom is -0.355 e. The lowest BCUT2D eigenvalue weighted by molar-refractivity contribution is 0.0964. The van der Waals surface area contributed by atoms with Crippen LogP contribution >= 0.6 is 0 Å². The normalized spacial score (nSPS) is 11.1. The standard InChI is InChI=1S/C12H16N4O/c1-13-12(17)10-5-4-6-16-11(10)7-9(14-16)8-15(2)3/h4-7H,8H2,1-3H3,(H,13,17). The number of fused-ring (bicyclic) bond motifs is 1. The van der Waals surface area contributed by atoms with E-state index in [2.05, 4.69) is 10.4 Å². The molecule has 5 nitrogen and oxygen atoms in total. The van der Waals surface area contributed by atoms with Crippen LogP contribution in [0.1, 0.15) is 16.1 Å². The van der Waals surface area contributed by atoms with Crippen molar-refractivity contribution in [3.8, 4) is 0 Å². The molecule has 17 heavy (non-hydrogen) atoms. The Bertz CT molecular complexity index is 544. The number of rotatable bonds is 3. The summed E-state index contributed by atoms with van der Waals surface area (Å²) in [5, 5.41) is 7.06. The lowest BCUT2D eigenvalue weighted by atomic mass is 10.2. The third kappa shape index (κ3) is 2.29. The van der Waals surface area contributed by atoms with Gasteiger partial charge in [0.1, 0.15) is 0 Å². The molecule has 0 aliphatic carbocycles. The van der Waals surface area contributed by atoms with Crippen molar-refractivity contribution in [1.29, 1.82) is 0 Å². The second-order valence-electron chi connectivity index (χ2n) is 4.20. The van der Waals surface area contributed by atoms with Crippen LogP contribution in [0.5, 0.6) is 0 Å². The van der Waals surface area contributed by atoms with Crippen molar-refractivity contribution in [2.75, 3.05) is 21.1 Å². The van der Waals surface area contributed by atoms with Crippen LogP contribution in [0.25, 0.3) is 5.52 Å². The molecule has 90 valence electrons. The van der Waals surface area contributed by atoms with Crippen LogP contribution in [0.15, 0.2) is 24.4 Å². The van der Waals surface area contributed by atoms with E-state index in [9.17, 15) is 4.79 Å². The number of hydrogen-bond donors (Lipinski definition) is 1. The molecule has 1 N–H and O–H groups in total. The second-order valence-corrected chi connectivity index (χ2v) is 4.20. The highest BCUT2D eigenvalue weighted by molar-refractivity contribution is 6.00. The van der Waals surface area contributed by atoms with Gasteiger partial charge in [-0.3, -0.25) is 4.79 Å². The first-order valence-electron chi connectivity index (χ1n) is 5.46. The number of hydrogen-bond acceptors (Lipinski definition) is 3. The predicted molar refractivity (Wildman–Crippen MR) is 66.0 cm³/mol. The molecule has 0 bridgehead atoms. The topological polar surface area (TPSA) is 49.6 Å². The quantitative estimate of drug-likeness (QED) is 0.849. The third-order valence-electron chi connectivity index (χ3n) is 2.50.